The topological polar surface area (TPSA) is 34.9 Å². The number of aromatic nitrogens is 2. The third kappa shape index (κ3) is 3.93. The molecule has 2 aliphatic rings. The molecule has 4 heteroatoms. The second-order valence-electron chi connectivity index (χ2n) is 8.81. The molecule has 0 saturated heterocycles. The number of nitrogens with zero attached hydrogens (tertiary/aromatic N) is 2. The van der Waals surface area contributed by atoms with Crippen molar-refractivity contribution < 1.29 is 0 Å². The Labute approximate surface area is 179 Å². The quantitative estimate of drug-likeness (QED) is 0.288. The van der Waals surface area contributed by atoms with Gasteiger partial charge in [0.25, 0.3) is 5.56 Å². The Bertz CT molecular complexity index is 912. The fourth-order valence-corrected chi connectivity index (χ4v) is 6.20. The first-order chi connectivity index (χ1) is 14.2. The summed E-state index contributed by atoms with van der Waals surface area (Å²) in [7, 11) is 0. The van der Waals surface area contributed by atoms with Gasteiger partial charge in [0.15, 0.2) is 5.16 Å². The van der Waals surface area contributed by atoms with E-state index in [1.165, 1.54) is 43.2 Å². The molecule has 1 fully saturated rings. The van der Waals surface area contributed by atoms with Crippen LogP contribution < -0.4 is 5.56 Å². The minimum Gasteiger partial charge on any atom is -0.287 e. The van der Waals surface area contributed by atoms with Crippen molar-refractivity contribution in [2.75, 3.05) is 5.75 Å². The fourth-order valence-electron chi connectivity index (χ4n) is 5.18. The molecule has 3 nitrogen and oxygen atoms in total. The fraction of sp³-hybridized carbons (Fsp3) is 0.600. The largest absolute Gasteiger partial charge is 0.287 e. The third-order valence-corrected chi connectivity index (χ3v) is 7.80. The summed E-state index contributed by atoms with van der Waals surface area (Å²) in [4.78, 5) is 19.1. The molecule has 0 aliphatic heterocycles. The Balaban J connectivity index is 1.85. The molecule has 0 atom stereocenters. The van der Waals surface area contributed by atoms with Gasteiger partial charge in [-0.05, 0) is 37.7 Å². The molecule has 2 aliphatic carbocycles. The highest BCUT2D eigenvalue weighted by Crippen LogP contribution is 2.49. The van der Waals surface area contributed by atoms with Crippen LogP contribution >= 0.6 is 11.8 Å². The molecule has 0 unspecified atom stereocenters. The molecule has 0 amide bonds. The average molecular weight is 411 g/mol. The number of thioether (sulfide) groups is 1. The average Bonchev–Trinajstić information content (AvgIpc) is 3.19. The normalized spacial score (nSPS) is 16.8. The summed E-state index contributed by atoms with van der Waals surface area (Å²) in [5.74, 6) is 1.04. The van der Waals surface area contributed by atoms with E-state index >= 15 is 0 Å². The first-order valence-electron chi connectivity index (χ1n) is 11.6. The molecule has 2 aromatic rings. The van der Waals surface area contributed by atoms with Gasteiger partial charge < -0.3 is 0 Å². The minimum absolute atomic E-state index is 0.00709. The van der Waals surface area contributed by atoms with Crippen LogP contribution in [-0.4, -0.2) is 15.3 Å². The predicted octanol–water partition coefficient (Wildman–Crippen LogP) is 6.36. The maximum absolute atomic E-state index is 13.9. The van der Waals surface area contributed by atoms with Gasteiger partial charge in [-0.15, -0.1) is 0 Å². The van der Waals surface area contributed by atoms with E-state index in [9.17, 15) is 4.79 Å². The Morgan fingerprint density at radius 1 is 1.07 bits per heavy atom. The van der Waals surface area contributed by atoms with Crippen molar-refractivity contribution in [1.29, 1.82) is 0 Å². The lowest BCUT2D eigenvalue weighted by molar-refractivity contribution is 0.413. The molecule has 1 heterocycles. The standard InChI is InChI=1S/C25H34N2OS/c1-3-5-11-17-29-24-26-22-20-13-8-7-12-19(20)18-25(14-9-10-15-25)21(22)23(28)27(24)16-6-4-2/h7-8,12-13H,3-6,9-11,14-18H2,1-2H3. The molecule has 1 aromatic carbocycles. The van der Waals surface area contributed by atoms with Crippen LogP contribution in [0.15, 0.2) is 34.2 Å². The highest BCUT2D eigenvalue weighted by molar-refractivity contribution is 7.99. The summed E-state index contributed by atoms with van der Waals surface area (Å²) in [5.41, 5.74) is 4.84. The van der Waals surface area contributed by atoms with E-state index in [2.05, 4.69) is 38.1 Å². The molecule has 1 saturated carbocycles. The van der Waals surface area contributed by atoms with E-state index < -0.39 is 0 Å². The van der Waals surface area contributed by atoms with E-state index in [0.717, 1.165) is 60.8 Å². The summed E-state index contributed by atoms with van der Waals surface area (Å²) in [6, 6.07) is 8.64. The van der Waals surface area contributed by atoms with Crippen LogP contribution in [0.1, 0.15) is 82.8 Å². The smallest absolute Gasteiger partial charge is 0.258 e. The van der Waals surface area contributed by atoms with Crippen LogP contribution in [0.4, 0.5) is 0 Å². The van der Waals surface area contributed by atoms with E-state index in [1.807, 2.05) is 4.57 Å². The molecule has 1 aromatic heterocycles. The Hall–Kier alpha value is -1.55. The number of fused-ring (bicyclic) bond motifs is 4. The summed E-state index contributed by atoms with van der Waals surface area (Å²) < 4.78 is 2.02. The molecule has 4 rings (SSSR count). The van der Waals surface area contributed by atoms with Gasteiger partial charge in [-0.1, -0.05) is 82.0 Å². The van der Waals surface area contributed by atoms with E-state index in [-0.39, 0.29) is 11.0 Å². The van der Waals surface area contributed by atoms with Crippen molar-refractivity contribution in [3.63, 3.8) is 0 Å². The molecular weight excluding hydrogens is 376 g/mol. The second-order valence-corrected chi connectivity index (χ2v) is 9.87. The Morgan fingerprint density at radius 3 is 2.59 bits per heavy atom. The summed E-state index contributed by atoms with van der Waals surface area (Å²) >= 11 is 1.78. The minimum atomic E-state index is 0.00709. The van der Waals surface area contributed by atoms with Gasteiger partial charge in [-0.2, -0.15) is 0 Å². The second kappa shape index (κ2) is 9.07. The van der Waals surface area contributed by atoms with E-state index in [0.29, 0.717) is 0 Å². The molecule has 1 spiro atoms. The SMILES string of the molecule is CCCCCSc1nc2c(c(=O)n1CCCC)C1(CCCC1)Cc1ccccc1-2. The van der Waals surface area contributed by atoms with Gasteiger partial charge in [-0.3, -0.25) is 9.36 Å². The van der Waals surface area contributed by atoms with E-state index in [4.69, 9.17) is 4.98 Å². The summed E-state index contributed by atoms with van der Waals surface area (Å²) in [5, 5.41) is 0.933. The van der Waals surface area contributed by atoms with Gasteiger partial charge in [0.05, 0.1) is 11.3 Å². The van der Waals surface area contributed by atoms with Crippen molar-refractivity contribution in [3.05, 3.63) is 45.7 Å². The van der Waals surface area contributed by atoms with Crippen LogP contribution in [0.3, 0.4) is 0 Å². The van der Waals surface area contributed by atoms with Crippen molar-refractivity contribution in [2.24, 2.45) is 0 Å². The van der Waals surface area contributed by atoms with Crippen molar-refractivity contribution in [2.45, 2.75) is 95.2 Å². The zero-order chi connectivity index (χ0) is 20.3. The van der Waals surface area contributed by atoms with Crippen molar-refractivity contribution in [3.8, 4) is 11.3 Å². The Morgan fingerprint density at radius 2 is 1.83 bits per heavy atom. The lowest BCUT2D eigenvalue weighted by atomic mass is 9.68. The lowest BCUT2D eigenvalue weighted by Crippen LogP contribution is -2.40. The van der Waals surface area contributed by atoms with Crippen LogP contribution in [0.5, 0.6) is 0 Å². The monoisotopic (exact) mass is 410 g/mol. The number of benzene rings is 1. The van der Waals surface area contributed by atoms with Crippen LogP contribution in [0.25, 0.3) is 11.3 Å². The number of hydrogen-bond donors (Lipinski definition) is 0. The van der Waals surface area contributed by atoms with Crippen LogP contribution in [0, 0.1) is 0 Å². The van der Waals surface area contributed by atoms with Gasteiger partial charge in [0, 0.05) is 23.3 Å². The summed E-state index contributed by atoms with van der Waals surface area (Å²) in [6.07, 6.45) is 11.5. The molecular formula is C25H34N2OS. The highest BCUT2D eigenvalue weighted by atomic mass is 32.2. The first-order valence-corrected chi connectivity index (χ1v) is 12.5. The van der Waals surface area contributed by atoms with Gasteiger partial charge in [-0.25, -0.2) is 4.98 Å². The number of hydrogen-bond acceptors (Lipinski definition) is 3. The van der Waals surface area contributed by atoms with Crippen molar-refractivity contribution in [1.82, 2.24) is 9.55 Å². The third-order valence-electron chi connectivity index (χ3n) is 6.74. The zero-order valence-corrected chi connectivity index (χ0v) is 18.8. The molecule has 0 bridgehead atoms. The van der Waals surface area contributed by atoms with E-state index in [1.54, 1.807) is 11.8 Å². The number of rotatable bonds is 8. The van der Waals surface area contributed by atoms with Gasteiger partial charge >= 0.3 is 0 Å². The van der Waals surface area contributed by atoms with Crippen LogP contribution in [0.2, 0.25) is 0 Å². The molecule has 29 heavy (non-hydrogen) atoms. The number of unbranched alkanes of at least 4 members (excludes halogenated alkanes) is 3. The molecule has 0 radical (unpaired) electrons. The maximum Gasteiger partial charge on any atom is 0.258 e. The first kappa shape index (κ1) is 20.7. The maximum atomic E-state index is 13.9. The summed E-state index contributed by atoms with van der Waals surface area (Å²) in [6.45, 7) is 5.22. The molecule has 0 N–H and O–H groups in total. The van der Waals surface area contributed by atoms with Gasteiger partial charge in [0.1, 0.15) is 0 Å². The Kier molecular flexibility index (Phi) is 6.48. The molecule has 156 valence electrons. The van der Waals surface area contributed by atoms with Crippen molar-refractivity contribution >= 4 is 11.8 Å². The predicted molar refractivity (Wildman–Crippen MR) is 123 cm³/mol. The lowest BCUT2D eigenvalue weighted by Gasteiger charge is -2.36. The highest BCUT2D eigenvalue weighted by Gasteiger charge is 2.44. The van der Waals surface area contributed by atoms with Gasteiger partial charge in [0.2, 0.25) is 0 Å². The zero-order valence-electron chi connectivity index (χ0n) is 18.0. The van der Waals surface area contributed by atoms with Crippen LogP contribution in [-0.2, 0) is 18.4 Å².